The Kier molecular flexibility index (Phi) is 8.42. The molecule has 28 heavy (non-hydrogen) atoms. The fraction of sp³-hybridized carbons (Fsp3) is 0.350. The van der Waals surface area contributed by atoms with E-state index in [-0.39, 0.29) is 42.8 Å². The number of nitrogens with two attached hydrogens (primary N) is 1. The number of hydrogen-bond donors (Lipinski definition) is 2. The maximum Gasteiger partial charge on any atom is 0.252 e. The number of rotatable bonds is 5. The first-order chi connectivity index (χ1) is 12.4. The summed E-state index contributed by atoms with van der Waals surface area (Å²) in [6.45, 7) is 8.40. The van der Waals surface area contributed by atoms with E-state index in [1.54, 1.807) is 6.20 Å². The van der Waals surface area contributed by atoms with Crippen molar-refractivity contribution in [3.8, 4) is 11.3 Å². The Bertz CT molecular complexity index is 955. The highest BCUT2D eigenvalue weighted by Gasteiger charge is 2.19. The van der Waals surface area contributed by atoms with Gasteiger partial charge in [-0.25, -0.2) is 9.67 Å². The molecule has 8 heteroatoms. The van der Waals surface area contributed by atoms with Crippen LogP contribution >= 0.6 is 24.8 Å². The first kappa shape index (κ1) is 23.9. The molecule has 2 aromatic heterocycles. The zero-order chi connectivity index (χ0) is 18.8. The molecule has 6 nitrogen and oxygen atoms in total. The molecule has 1 amide bonds. The van der Waals surface area contributed by atoms with E-state index in [2.05, 4.69) is 10.4 Å². The Morgan fingerprint density at radius 2 is 1.89 bits per heavy atom. The van der Waals surface area contributed by atoms with Gasteiger partial charge in [-0.1, -0.05) is 24.3 Å². The third kappa shape index (κ3) is 4.63. The van der Waals surface area contributed by atoms with Gasteiger partial charge in [0.05, 0.1) is 22.8 Å². The van der Waals surface area contributed by atoms with Gasteiger partial charge < -0.3 is 11.1 Å². The van der Waals surface area contributed by atoms with Gasteiger partial charge in [-0.2, -0.15) is 5.10 Å². The van der Waals surface area contributed by atoms with E-state index in [4.69, 9.17) is 10.7 Å². The molecule has 1 atom stereocenters. The Labute approximate surface area is 177 Å². The SMILES string of the molecule is Cc1ccccc1-c1cc(C(=O)N[C@@H](C)CN)c2cnn(C(C)C)c2n1.Cl.Cl. The van der Waals surface area contributed by atoms with E-state index in [1.165, 1.54) is 0 Å². The second kappa shape index (κ2) is 9.87. The summed E-state index contributed by atoms with van der Waals surface area (Å²) in [5.74, 6) is -0.159. The van der Waals surface area contributed by atoms with Gasteiger partial charge in [-0.3, -0.25) is 4.79 Å². The van der Waals surface area contributed by atoms with Gasteiger partial charge in [0.1, 0.15) is 0 Å². The Morgan fingerprint density at radius 3 is 2.50 bits per heavy atom. The number of halogens is 2. The van der Waals surface area contributed by atoms with Crippen LogP contribution < -0.4 is 11.1 Å². The second-order valence-corrected chi connectivity index (χ2v) is 6.90. The third-order valence-corrected chi connectivity index (χ3v) is 4.45. The van der Waals surface area contributed by atoms with Crippen molar-refractivity contribution in [2.45, 2.75) is 39.8 Å². The molecular weight excluding hydrogens is 397 g/mol. The molecule has 2 heterocycles. The van der Waals surface area contributed by atoms with Crippen molar-refractivity contribution >= 4 is 41.8 Å². The van der Waals surface area contributed by atoms with Crippen LogP contribution in [0.25, 0.3) is 22.3 Å². The van der Waals surface area contributed by atoms with Crippen molar-refractivity contribution in [2.75, 3.05) is 6.54 Å². The van der Waals surface area contributed by atoms with Crippen molar-refractivity contribution < 1.29 is 4.79 Å². The molecule has 0 spiro atoms. The van der Waals surface area contributed by atoms with Crippen molar-refractivity contribution in [2.24, 2.45) is 5.73 Å². The minimum atomic E-state index is -0.159. The third-order valence-electron chi connectivity index (χ3n) is 4.45. The smallest absolute Gasteiger partial charge is 0.252 e. The van der Waals surface area contributed by atoms with Crippen LogP contribution in [-0.4, -0.2) is 33.3 Å². The predicted octanol–water partition coefficient (Wildman–Crippen LogP) is 3.91. The molecular formula is C20H27Cl2N5O. The van der Waals surface area contributed by atoms with Gasteiger partial charge in [-0.15, -0.1) is 24.8 Å². The molecule has 0 saturated heterocycles. The Balaban J connectivity index is 0.00000196. The van der Waals surface area contributed by atoms with Crippen LogP contribution in [0.5, 0.6) is 0 Å². The van der Waals surface area contributed by atoms with Gasteiger partial charge in [0.2, 0.25) is 0 Å². The molecule has 152 valence electrons. The van der Waals surface area contributed by atoms with Crippen LogP contribution in [0.3, 0.4) is 0 Å². The lowest BCUT2D eigenvalue weighted by Gasteiger charge is -2.14. The van der Waals surface area contributed by atoms with Crippen molar-refractivity contribution in [1.29, 1.82) is 0 Å². The number of pyridine rings is 1. The largest absolute Gasteiger partial charge is 0.348 e. The summed E-state index contributed by atoms with van der Waals surface area (Å²) in [6.07, 6.45) is 1.71. The Morgan fingerprint density at radius 1 is 1.21 bits per heavy atom. The molecule has 3 rings (SSSR count). The topological polar surface area (TPSA) is 85.8 Å². The summed E-state index contributed by atoms with van der Waals surface area (Å²) < 4.78 is 1.85. The molecule has 0 saturated carbocycles. The van der Waals surface area contributed by atoms with E-state index in [0.29, 0.717) is 17.8 Å². The minimum Gasteiger partial charge on any atom is -0.348 e. The number of carbonyl (C=O) groups is 1. The van der Waals surface area contributed by atoms with Gasteiger partial charge in [-0.05, 0) is 39.3 Å². The summed E-state index contributed by atoms with van der Waals surface area (Å²) in [5.41, 5.74) is 9.82. The first-order valence-corrected chi connectivity index (χ1v) is 8.87. The highest BCUT2D eigenvalue weighted by atomic mass is 35.5. The lowest BCUT2D eigenvalue weighted by molar-refractivity contribution is 0.0943. The maximum absolute atomic E-state index is 12.8. The number of aromatic nitrogens is 3. The van der Waals surface area contributed by atoms with Crippen LogP contribution in [0, 0.1) is 6.92 Å². The molecule has 0 aliphatic carbocycles. The highest BCUT2D eigenvalue weighted by Crippen LogP contribution is 2.28. The van der Waals surface area contributed by atoms with Crippen LogP contribution in [0.4, 0.5) is 0 Å². The first-order valence-electron chi connectivity index (χ1n) is 8.87. The van der Waals surface area contributed by atoms with Crippen LogP contribution in [0.1, 0.15) is 42.7 Å². The van der Waals surface area contributed by atoms with E-state index in [9.17, 15) is 4.79 Å². The van der Waals surface area contributed by atoms with Gasteiger partial charge >= 0.3 is 0 Å². The van der Waals surface area contributed by atoms with Crippen LogP contribution in [0.15, 0.2) is 36.5 Å². The standard InChI is InChI=1S/C20H25N5O.2ClH/c1-12(2)25-19-17(11-22-25)16(20(26)23-14(4)10-21)9-18(24-19)15-8-6-5-7-13(15)3;;/h5-9,11-12,14H,10,21H2,1-4H3,(H,23,26);2*1H/t14-;;/m0../s1. The second-order valence-electron chi connectivity index (χ2n) is 6.90. The summed E-state index contributed by atoms with van der Waals surface area (Å²) in [6, 6.07) is 9.91. The lowest BCUT2D eigenvalue weighted by atomic mass is 10.0. The molecule has 0 aliphatic rings. The quantitative estimate of drug-likeness (QED) is 0.650. The summed E-state index contributed by atoms with van der Waals surface area (Å²) in [7, 11) is 0. The van der Waals surface area contributed by atoms with Gasteiger partial charge in [0.15, 0.2) is 5.65 Å². The molecule has 0 radical (unpaired) electrons. The minimum absolute atomic E-state index is 0. The zero-order valence-electron chi connectivity index (χ0n) is 16.5. The predicted molar refractivity (Wildman–Crippen MR) is 119 cm³/mol. The van der Waals surface area contributed by atoms with Crippen molar-refractivity contribution in [3.63, 3.8) is 0 Å². The Hall–Kier alpha value is -2.15. The number of carbonyl (C=O) groups excluding carboxylic acids is 1. The van der Waals surface area contributed by atoms with Crippen LogP contribution in [-0.2, 0) is 0 Å². The normalized spacial score (nSPS) is 11.6. The van der Waals surface area contributed by atoms with E-state index in [1.807, 2.05) is 62.7 Å². The molecule has 0 aliphatic heterocycles. The summed E-state index contributed by atoms with van der Waals surface area (Å²) in [5, 5.41) is 8.13. The molecule has 0 bridgehead atoms. The number of aryl methyl sites for hydroxylation is 1. The number of benzene rings is 1. The molecule has 3 aromatic rings. The van der Waals surface area contributed by atoms with E-state index in [0.717, 1.165) is 22.2 Å². The number of fused-ring (bicyclic) bond motifs is 1. The van der Waals surface area contributed by atoms with E-state index >= 15 is 0 Å². The van der Waals surface area contributed by atoms with Crippen LogP contribution in [0.2, 0.25) is 0 Å². The average molecular weight is 424 g/mol. The average Bonchev–Trinajstić information content (AvgIpc) is 3.05. The number of nitrogens with zero attached hydrogens (tertiary/aromatic N) is 3. The fourth-order valence-electron chi connectivity index (χ4n) is 2.94. The van der Waals surface area contributed by atoms with Crippen molar-refractivity contribution in [3.05, 3.63) is 47.7 Å². The number of amides is 1. The number of hydrogen-bond acceptors (Lipinski definition) is 4. The van der Waals surface area contributed by atoms with Crippen molar-refractivity contribution in [1.82, 2.24) is 20.1 Å². The van der Waals surface area contributed by atoms with Gasteiger partial charge in [0, 0.05) is 24.2 Å². The highest BCUT2D eigenvalue weighted by molar-refractivity contribution is 6.06. The zero-order valence-corrected chi connectivity index (χ0v) is 18.1. The molecule has 3 N–H and O–H groups in total. The number of nitrogens with one attached hydrogen (secondary N) is 1. The van der Waals surface area contributed by atoms with E-state index < -0.39 is 0 Å². The maximum atomic E-state index is 12.8. The summed E-state index contributed by atoms with van der Waals surface area (Å²) >= 11 is 0. The lowest BCUT2D eigenvalue weighted by Crippen LogP contribution is -2.37. The monoisotopic (exact) mass is 423 g/mol. The summed E-state index contributed by atoms with van der Waals surface area (Å²) in [4.78, 5) is 17.7. The molecule has 1 aromatic carbocycles. The molecule has 0 fully saturated rings. The van der Waals surface area contributed by atoms with Gasteiger partial charge in [0.25, 0.3) is 5.91 Å². The molecule has 0 unspecified atom stereocenters. The fourth-order valence-corrected chi connectivity index (χ4v) is 2.94.